The summed E-state index contributed by atoms with van der Waals surface area (Å²) in [5.74, 6) is 2.62. The van der Waals surface area contributed by atoms with Crippen molar-refractivity contribution in [3.05, 3.63) is 126 Å². The van der Waals surface area contributed by atoms with Crippen LogP contribution in [0.3, 0.4) is 0 Å². The van der Waals surface area contributed by atoms with Crippen molar-refractivity contribution in [2.75, 3.05) is 26.2 Å². The molecule has 1 N–H and O–H groups in total. The van der Waals surface area contributed by atoms with Crippen molar-refractivity contribution in [3.8, 4) is 23.0 Å². The monoisotopic (exact) mass is 714 g/mol. The molecule has 0 amide bonds. The van der Waals surface area contributed by atoms with Gasteiger partial charge in [0.15, 0.2) is 0 Å². The highest BCUT2D eigenvalue weighted by molar-refractivity contribution is 14.1. The molecule has 9 heteroatoms. The quantitative estimate of drug-likeness (QED) is 0.0922. The van der Waals surface area contributed by atoms with Crippen LogP contribution in [0.2, 0.25) is 0 Å². The molecule has 4 aromatic carbocycles. The molecular weight excluding hydrogens is 671 g/mol. The molecule has 0 aliphatic heterocycles. The summed E-state index contributed by atoms with van der Waals surface area (Å²) in [7, 11) is 4.63. The number of carbonyl (C=O) groups is 2. The number of ether oxygens (including phenoxy) is 4. The van der Waals surface area contributed by atoms with Crippen molar-refractivity contribution in [1.29, 1.82) is 0 Å². The summed E-state index contributed by atoms with van der Waals surface area (Å²) >= 11 is 2.15. The minimum atomic E-state index is -0.245. The van der Waals surface area contributed by atoms with Gasteiger partial charge >= 0.3 is 11.9 Å². The van der Waals surface area contributed by atoms with E-state index in [0.29, 0.717) is 11.4 Å². The molecule has 0 aliphatic carbocycles. The Labute approximate surface area is 276 Å². The number of carbonyl (C=O) groups excluding carboxylic acids is 2. The standard InChI is InChI=1S/C14H15NO.C13H9NO.2C3H6O2.CH3I.CH4/c1-15-11-12-7-5-6-10-14(12)16-13-8-3-2-4-9-13;1-14-12-9-5-6-10-13(12)15-11-7-3-2-4-8-11;2*1-3(4)5-2;1-2;/h2-10,15H,11H2,1H3;2-10H;2*1-2H3;1H3;1H4. The Bertz CT molecular complexity index is 1330. The van der Waals surface area contributed by atoms with Crippen LogP contribution < -0.4 is 14.8 Å². The van der Waals surface area contributed by atoms with Crippen LogP contribution in [0, 0.1) is 6.57 Å². The zero-order chi connectivity index (χ0) is 32.3. The number of hydrogen-bond acceptors (Lipinski definition) is 7. The van der Waals surface area contributed by atoms with Crippen LogP contribution in [0.5, 0.6) is 23.0 Å². The third-order valence-corrected chi connectivity index (χ3v) is 4.84. The number of hydrogen-bond donors (Lipinski definition) is 1. The summed E-state index contributed by atoms with van der Waals surface area (Å²) in [6, 6.07) is 34.5. The molecule has 0 saturated heterocycles. The summed E-state index contributed by atoms with van der Waals surface area (Å²) in [5, 5.41) is 3.13. The van der Waals surface area contributed by atoms with Gasteiger partial charge < -0.3 is 24.3 Å². The number of halogens is 1. The number of para-hydroxylation sites is 5. The third-order valence-electron chi connectivity index (χ3n) is 4.84. The number of esters is 2. The van der Waals surface area contributed by atoms with E-state index in [1.54, 1.807) is 12.1 Å². The minimum Gasteiger partial charge on any atom is -0.469 e. The SMILES string of the molecule is C.CI.CNCc1ccccc1Oc1ccccc1.COC(C)=O.COC(C)=O.[C-]#[N+]c1ccccc1Oc1ccccc1. The maximum Gasteiger partial charge on any atom is 0.302 e. The number of nitrogens with zero attached hydrogens (tertiary/aromatic N) is 1. The van der Waals surface area contributed by atoms with Gasteiger partial charge in [0, 0.05) is 26.0 Å². The molecule has 0 spiro atoms. The smallest absolute Gasteiger partial charge is 0.302 e. The maximum atomic E-state index is 9.59. The van der Waals surface area contributed by atoms with Gasteiger partial charge in [0.1, 0.15) is 23.0 Å². The zero-order valence-electron chi connectivity index (χ0n) is 25.4. The molecule has 0 saturated carbocycles. The van der Waals surface area contributed by atoms with Crippen LogP contribution >= 0.6 is 22.6 Å². The first-order chi connectivity index (χ1) is 20.8. The Balaban J connectivity index is 0. The number of alkyl halides is 1. The third kappa shape index (κ3) is 19.7. The molecule has 8 nitrogen and oxygen atoms in total. The molecule has 0 aromatic heterocycles. The van der Waals surface area contributed by atoms with Crippen LogP contribution in [0.4, 0.5) is 5.69 Å². The summed E-state index contributed by atoms with van der Waals surface area (Å²) in [6.45, 7) is 10.5. The average Bonchev–Trinajstić information content (AvgIpc) is 3.05. The van der Waals surface area contributed by atoms with E-state index in [-0.39, 0.29) is 19.4 Å². The number of benzene rings is 4. The van der Waals surface area contributed by atoms with Crippen LogP contribution in [0.1, 0.15) is 26.8 Å². The fraction of sp³-hybridized carbons (Fsp3) is 0.229. The Morgan fingerprint density at radius 2 is 1.05 bits per heavy atom. The highest BCUT2D eigenvalue weighted by Gasteiger charge is 2.03. The lowest BCUT2D eigenvalue weighted by atomic mass is 10.2. The molecule has 44 heavy (non-hydrogen) atoms. The summed E-state index contributed by atoms with van der Waals surface area (Å²) in [5.41, 5.74) is 1.69. The van der Waals surface area contributed by atoms with Crippen LogP contribution in [-0.4, -0.2) is 38.1 Å². The van der Waals surface area contributed by atoms with E-state index in [4.69, 9.17) is 16.0 Å². The Morgan fingerprint density at radius 1 is 0.682 bits per heavy atom. The second-order valence-electron chi connectivity index (χ2n) is 7.94. The molecule has 236 valence electrons. The van der Waals surface area contributed by atoms with E-state index in [2.05, 4.69) is 48.3 Å². The Morgan fingerprint density at radius 3 is 1.45 bits per heavy atom. The van der Waals surface area contributed by atoms with Gasteiger partial charge in [0.25, 0.3) is 0 Å². The highest BCUT2D eigenvalue weighted by atomic mass is 127. The van der Waals surface area contributed by atoms with Gasteiger partial charge in [0.2, 0.25) is 5.69 Å². The molecule has 0 aliphatic rings. The van der Waals surface area contributed by atoms with Gasteiger partial charge in [-0.25, -0.2) is 4.85 Å². The molecule has 0 bridgehead atoms. The lowest BCUT2D eigenvalue weighted by Gasteiger charge is -2.10. The molecule has 4 aromatic rings. The van der Waals surface area contributed by atoms with Crippen molar-refractivity contribution in [2.45, 2.75) is 27.8 Å². The van der Waals surface area contributed by atoms with Crippen LogP contribution in [0.15, 0.2) is 109 Å². The van der Waals surface area contributed by atoms with Crippen molar-refractivity contribution in [1.82, 2.24) is 5.32 Å². The molecule has 0 atom stereocenters. The summed E-state index contributed by atoms with van der Waals surface area (Å²) in [6.07, 6.45) is 0. The molecule has 0 unspecified atom stereocenters. The number of nitrogens with one attached hydrogen (secondary N) is 1. The Kier molecular flexibility index (Phi) is 26.0. The molecule has 4 rings (SSSR count). The van der Waals surface area contributed by atoms with Crippen molar-refractivity contribution in [3.63, 3.8) is 0 Å². The number of rotatable bonds is 6. The largest absolute Gasteiger partial charge is 0.469 e. The predicted octanol–water partition coefficient (Wildman–Crippen LogP) is 9.27. The van der Waals surface area contributed by atoms with E-state index in [1.807, 2.05) is 103 Å². The average molecular weight is 715 g/mol. The first-order valence-corrected chi connectivity index (χ1v) is 15.1. The zero-order valence-corrected chi connectivity index (χ0v) is 27.5. The molecule has 0 heterocycles. The van der Waals surface area contributed by atoms with E-state index in [9.17, 15) is 9.59 Å². The van der Waals surface area contributed by atoms with E-state index in [1.165, 1.54) is 28.1 Å². The van der Waals surface area contributed by atoms with Crippen molar-refractivity contribution < 1.29 is 28.5 Å². The first kappa shape index (κ1) is 41.7. The van der Waals surface area contributed by atoms with Gasteiger partial charge in [-0.15, -0.1) is 0 Å². The summed E-state index contributed by atoms with van der Waals surface area (Å²) < 4.78 is 19.6. The maximum absolute atomic E-state index is 9.59. The van der Waals surface area contributed by atoms with Crippen molar-refractivity contribution in [2.24, 2.45) is 0 Å². The van der Waals surface area contributed by atoms with Gasteiger partial charge in [-0.3, -0.25) is 9.59 Å². The van der Waals surface area contributed by atoms with Crippen LogP contribution in [-0.2, 0) is 25.6 Å². The minimum absolute atomic E-state index is 0. The van der Waals surface area contributed by atoms with E-state index < -0.39 is 0 Å². The lowest BCUT2D eigenvalue weighted by Crippen LogP contribution is -2.06. The van der Waals surface area contributed by atoms with Gasteiger partial charge in [-0.1, -0.05) is 103 Å². The topological polar surface area (TPSA) is 87.5 Å². The van der Waals surface area contributed by atoms with Crippen molar-refractivity contribution >= 4 is 40.2 Å². The Hall–Kier alpha value is -4.40. The summed E-state index contributed by atoms with van der Waals surface area (Å²) in [4.78, 5) is 24.5. The first-order valence-electron chi connectivity index (χ1n) is 13.0. The van der Waals surface area contributed by atoms with E-state index in [0.717, 1.165) is 29.4 Å². The van der Waals surface area contributed by atoms with Gasteiger partial charge in [-0.05, 0) is 48.4 Å². The highest BCUT2D eigenvalue weighted by Crippen LogP contribution is 2.31. The second kappa shape index (κ2) is 27.4. The fourth-order valence-corrected chi connectivity index (χ4v) is 2.81. The van der Waals surface area contributed by atoms with Gasteiger partial charge in [0.05, 0.1) is 20.8 Å². The molecule has 0 radical (unpaired) electrons. The van der Waals surface area contributed by atoms with Gasteiger partial charge in [-0.2, -0.15) is 0 Å². The lowest BCUT2D eigenvalue weighted by molar-refractivity contribution is -0.138. The normalized spacial score (nSPS) is 8.50. The molecule has 0 fully saturated rings. The number of methoxy groups -OCH3 is 2. The van der Waals surface area contributed by atoms with Crippen LogP contribution in [0.25, 0.3) is 4.85 Å². The predicted molar refractivity (Wildman–Crippen MR) is 187 cm³/mol. The van der Waals surface area contributed by atoms with E-state index >= 15 is 0 Å². The second-order valence-corrected chi connectivity index (χ2v) is 7.94. The fourth-order valence-electron chi connectivity index (χ4n) is 2.81. The molecular formula is C35H43IN2O6.